The first-order valence-electron chi connectivity index (χ1n) is 20.2. The smallest absolute Gasteiger partial charge is 0.0723 e. The summed E-state index contributed by atoms with van der Waals surface area (Å²) in [4.78, 5) is 4.86. The fraction of sp³-hybridized carbons (Fsp3) is 0.0357. The summed E-state index contributed by atoms with van der Waals surface area (Å²) in [6, 6.07) is 74.1. The predicted octanol–water partition coefficient (Wildman–Crippen LogP) is 13.9. The Morgan fingerprint density at radius 2 is 1.08 bits per heavy atom. The number of benzene rings is 8. The molecule has 0 fully saturated rings. The van der Waals surface area contributed by atoms with E-state index in [9.17, 15) is 0 Å². The lowest BCUT2D eigenvalue weighted by atomic mass is 9.64. The lowest BCUT2D eigenvalue weighted by Gasteiger charge is -2.42. The number of fused-ring (bicyclic) bond motifs is 10. The molecule has 3 atom stereocenters. The van der Waals surface area contributed by atoms with Gasteiger partial charge in [0, 0.05) is 21.2 Å². The quantitative estimate of drug-likeness (QED) is 0.160. The number of thioether (sulfide) groups is 1. The minimum Gasteiger partial charge on any atom is -0.310 e. The van der Waals surface area contributed by atoms with Gasteiger partial charge < -0.3 is 4.90 Å². The van der Waals surface area contributed by atoms with Crippen molar-refractivity contribution in [1.82, 2.24) is 0 Å². The van der Waals surface area contributed by atoms with Gasteiger partial charge in [0.1, 0.15) is 0 Å². The summed E-state index contributed by atoms with van der Waals surface area (Å²) in [5, 5.41) is 1.17. The van der Waals surface area contributed by atoms with Crippen LogP contribution in [-0.2, 0) is 10.8 Å². The third kappa shape index (κ3) is 5.30. The minimum absolute atomic E-state index is 0.543. The second-order valence-electron chi connectivity index (χ2n) is 15.5. The van der Waals surface area contributed by atoms with Crippen molar-refractivity contribution in [3.8, 4) is 11.1 Å². The molecule has 4 bridgehead atoms. The third-order valence-electron chi connectivity index (χ3n) is 12.5. The van der Waals surface area contributed by atoms with Gasteiger partial charge in [-0.1, -0.05) is 182 Å². The first-order valence-corrected chi connectivity index (χ1v) is 21.6. The third-order valence-corrected chi connectivity index (χ3v) is 14.0. The molecular weight excluding hydrogens is 750 g/mol. The largest absolute Gasteiger partial charge is 0.310 e. The number of nitrogens with zero attached hydrogens (tertiary/aromatic N) is 1. The fourth-order valence-corrected chi connectivity index (χ4v) is 11.6. The van der Waals surface area contributed by atoms with Gasteiger partial charge in [0.2, 0.25) is 0 Å². The summed E-state index contributed by atoms with van der Waals surface area (Å²) < 4.78 is 0. The minimum atomic E-state index is -0.602. The van der Waals surface area contributed by atoms with Gasteiger partial charge in [-0.3, -0.25) is 0 Å². The van der Waals surface area contributed by atoms with Crippen molar-refractivity contribution < 1.29 is 0 Å². The normalized spacial score (nSPS) is 19.1. The maximum Gasteiger partial charge on any atom is 0.0723 e. The SMILES string of the molecule is C=CC1=C2/C=C\c3cc(C4(c5ccccc5)c5ccccc5-c5ccc(P)cc54)ccc3N(c3ccccc3)c3cccc(c3)C1(c1ccccc1)c1ccccc1S2. The molecule has 0 spiro atoms. The monoisotopic (exact) mass is 789 g/mol. The van der Waals surface area contributed by atoms with Crippen molar-refractivity contribution in [3.63, 3.8) is 0 Å². The number of para-hydroxylation sites is 1. The molecule has 11 rings (SSSR count). The Morgan fingerprint density at radius 1 is 0.475 bits per heavy atom. The van der Waals surface area contributed by atoms with Crippen molar-refractivity contribution >= 4 is 49.4 Å². The van der Waals surface area contributed by atoms with E-state index in [2.05, 4.69) is 239 Å². The van der Waals surface area contributed by atoms with Gasteiger partial charge in [-0.2, -0.15) is 0 Å². The Morgan fingerprint density at radius 3 is 1.85 bits per heavy atom. The number of rotatable bonds is 5. The van der Waals surface area contributed by atoms with Crippen LogP contribution >= 0.6 is 21.0 Å². The summed E-state index contributed by atoms with van der Waals surface area (Å²) in [5.74, 6) is 0. The molecule has 59 heavy (non-hydrogen) atoms. The molecule has 280 valence electrons. The lowest BCUT2D eigenvalue weighted by molar-refractivity contribution is 0.720. The molecule has 8 aromatic rings. The van der Waals surface area contributed by atoms with Crippen molar-refractivity contribution in [2.75, 3.05) is 4.90 Å². The molecule has 2 heterocycles. The Hall–Kier alpha value is -6.44. The van der Waals surface area contributed by atoms with Gasteiger partial charge in [0.25, 0.3) is 0 Å². The van der Waals surface area contributed by atoms with Gasteiger partial charge in [-0.15, -0.1) is 9.24 Å². The second-order valence-corrected chi connectivity index (χ2v) is 17.2. The molecular formula is C56H40NPS. The van der Waals surface area contributed by atoms with Gasteiger partial charge in [-0.25, -0.2) is 0 Å². The molecule has 0 aromatic heterocycles. The van der Waals surface area contributed by atoms with Crippen molar-refractivity contribution in [1.29, 1.82) is 0 Å². The zero-order valence-corrected chi connectivity index (χ0v) is 34.4. The van der Waals surface area contributed by atoms with Crippen LogP contribution in [0.2, 0.25) is 0 Å². The molecule has 3 unspecified atom stereocenters. The number of anilines is 3. The van der Waals surface area contributed by atoms with E-state index in [-0.39, 0.29) is 0 Å². The highest BCUT2D eigenvalue weighted by Crippen LogP contribution is 2.59. The van der Waals surface area contributed by atoms with E-state index in [1.807, 2.05) is 11.8 Å². The number of allylic oxidation sites excluding steroid dienone is 3. The van der Waals surface area contributed by atoms with Crippen LogP contribution in [0.25, 0.3) is 17.2 Å². The molecule has 1 aliphatic carbocycles. The average molecular weight is 790 g/mol. The summed E-state index contributed by atoms with van der Waals surface area (Å²) >= 11 is 1.83. The highest BCUT2D eigenvalue weighted by molar-refractivity contribution is 8.03. The molecule has 3 heteroatoms. The van der Waals surface area contributed by atoms with Crippen LogP contribution in [0.15, 0.2) is 234 Å². The predicted molar refractivity (Wildman–Crippen MR) is 253 cm³/mol. The van der Waals surface area contributed by atoms with Crippen molar-refractivity contribution in [3.05, 3.63) is 274 Å². The summed E-state index contributed by atoms with van der Waals surface area (Å²) in [7, 11) is 2.96. The molecule has 3 aliphatic rings. The van der Waals surface area contributed by atoms with E-state index in [1.165, 1.54) is 70.7 Å². The van der Waals surface area contributed by atoms with E-state index in [0.29, 0.717) is 0 Å². The van der Waals surface area contributed by atoms with Gasteiger partial charge in [0.15, 0.2) is 0 Å². The lowest BCUT2D eigenvalue weighted by Crippen LogP contribution is -2.34. The van der Waals surface area contributed by atoms with Crippen LogP contribution in [0.3, 0.4) is 0 Å². The molecule has 0 radical (unpaired) electrons. The highest BCUT2D eigenvalue weighted by Gasteiger charge is 2.47. The molecule has 8 aromatic carbocycles. The summed E-state index contributed by atoms with van der Waals surface area (Å²) in [6.07, 6.45) is 6.80. The van der Waals surface area contributed by atoms with Crippen molar-refractivity contribution in [2.24, 2.45) is 0 Å². The standard InChI is InChI=1S/C56H40NPS/c1-2-48-54-34-29-38-35-42(56(40-19-8-4-9-20-40)49-26-13-12-25-46(49)47-32-31-45(58)37-51(47)56)30-33-52(38)57(43-22-10-5-11-23-43)44-24-16-21-41(36-44)55(48,39-17-6-3-7-18-39)50-27-14-15-28-53(50)59-54/h2-37H,1,58H2/b34-29-. The van der Waals surface area contributed by atoms with E-state index in [0.717, 1.165) is 22.6 Å². The van der Waals surface area contributed by atoms with E-state index in [4.69, 9.17) is 0 Å². The van der Waals surface area contributed by atoms with E-state index < -0.39 is 10.8 Å². The van der Waals surface area contributed by atoms with E-state index in [1.54, 1.807) is 0 Å². The summed E-state index contributed by atoms with van der Waals surface area (Å²) in [6.45, 7) is 4.55. The second kappa shape index (κ2) is 14.1. The molecule has 1 nitrogen and oxygen atoms in total. The molecule has 0 saturated carbocycles. The average Bonchev–Trinajstić information content (AvgIpc) is 3.58. The van der Waals surface area contributed by atoms with Crippen LogP contribution in [-0.4, -0.2) is 0 Å². The van der Waals surface area contributed by atoms with E-state index >= 15 is 0 Å². The molecule has 0 saturated heterocycles. The maximum atomic E-state index is 4.55. The zero-order valence-electron chi connectivity index (χ0n) is 32.4. The van der Waals surface area contributed by atoms with Crippen LogP contribution in [0.4, 0.5) is 17.1 Å². The Balaban J connectivity index is 1.26. The van der Waals surface area contributed by atoms with Crippen LogP contribution in [0.1, 0.15) is 44.5 Å². The fourth-order valence-electron chi connectivity index (χ4n) is 10.2. The zero-order chi connectivity index (χ0) is 39.6. The van der Waals surface area contributed by atoms with Crippen molar-refractivity contribution in [2.45, 2.75) is 15.7 Å². The van der Waals surface area contributed by atoms with Gasteiger partial charge >= 0.3 is 0 Å². The van der Waals surface area contributed by atoms with Gasteiger partial charge in [0.05, 0.1) is 16.5 Å². The maximum absolute atomic E-state index is 4.55. The van der Waals surface area contributed by atoms with Crippen LogP contribution in [0.5, 0.6) is 0 Å². The van der Waals surface area contributed by atoms with Gasteiger partial charge in [-0.05, 0) is 121 Å². The topological polar surface area (TPSA) is 3.24 Å². The Labute approximate surface area is 353 Å². The van der Waals surface area contributed by atoms with Crippen LogP contribution in [0, 0.1) is 0 Å². The first-order chi connectivity index (χ1) is 29.1. The Bertz CT molecular complexity index is 3000. The Kier molecular flexibility index (Phi) is 8.55. The van der Waals surface area contributed by atoms with Crippen LogP contribution < -0.4 is 10.2 Å². The molecule has 0 amide bonds. The molecule has 2 aliphatic heterocycles. The molecule has 0 N–H and O–H groups in total. The highest BCUT2D eigenvalue weighted by atomic mass is 32.2. The summed E-state index contributed by atoms with van der Waals surface area (Å²) in [5.41, 5.74) is 15.8. The number of hydrogen-bond acceptors (Lipinski definition) is 2. The first kappa shape index (κ1) is 35.7. The number of hydrogen-bond donors (Lipinski definition) is 0.